The number of nitrogens with one attached hydrogen (secondary N) is 1. The molecule has 3 heterocycles. The summed E-state index contributed by atoms with van der Waals surface area (Å²) in [7, 11) is 0. The Balaban J connectivity index is 1.43. The topological polar surface area (TPSA) is 157 Å². The molecule has 3 atom stereocenters. The van der Waals surface area contributed by atoms with Crippen molar-refractivity contribution in [3.05, 3.63) is 95.0 Å². The molecule has 2 aliphatic rings. The third kappa shape index (κ3) is 4.31. The molecule has 6 rings (SSSR count). The van der Waals surface area contributed by atoms with E-state index in [9.17, 15) is 14.4 Å². The third-order valence-electron chi connectivity index (χ3n) is 8.04. The quantitative estimate of drug-likeness (QED) is 0.213. The number of pyridine rings is 1. The van der Waals surface area contributed by atoms with Crippen LogP contribution in [0.25, 0.3) is 21.3 Å². The highest BCUT2D eigenvalue weighted by Gasteiger charge is 2.49. The lowest BCUT2D eigenvalue weighted by molar-refractivity contribution is -0.127. The van der Waals surface area contributed by atoms with Crippen LogP contribution in [-0.4, -0.2) is 46.6 Å². The Kier molecular flexibility index (Phi) is 6.69. The van der Waals surface area contributed by atoms with Gasteiger partial charge < -0.3 is 27.4 Å². The number of carbonyl (C=O) groups excluding carboxylic acids is 3. The summed E-state index contributed by atoms with van der Waals surface area (Å²) in [5.41, 5.74) is 22.1. The van der Waals surface area contributed by atoms with Gasteiger partial charge in [0.1, 0.15) is 5.54 Å². The zero-order chi connectivity index (χ0) is 28.9. The largest absolute Gasteiger partial charge is 0.398 e. The zero-order valence-corrected chi connectivity index (χ0v) is 23.1. The zero-order valence-electron chi connectivity index (χ0n) is 22.3. The normalized spacial score (nSPS) is 22.0. The Morgan fingerprint density at radius 2 is 2.00 bits per heavy atom. The maximum atomic E-state index is 14.1. The van der Waals surface area contributed by atoms with Gasteiger partial charge in [0.15, 0.2) is 5.78 Å². The van der Waals surface area contributed by atoms with Gasteiger partial charge >= 0.3 is 0 Å². The number of amides is 2. The van der Waals surface area contributed by atoms with Crippen molar-refractivity contribution in [2.45, 2.75) is 30.5 Å². The molecule has 41 heavy (non-hydrogen) atoms. The van der Waals surface area contributed by atoms with Gasteiger partial charge in [0.25, 0.3) is 5.91 Å². The minimum atomic E-state index is -1.56. The summed E-state index contributed by atoms with van der Waals surface area (Å²) >= 11 is 1.21. The van der Waals surface area contributed by atoms with Crippen molar-refractivity contribution in [3.8, 4) is 11.3 Å². The Hall–Kier alpha value is -4.38. The van der Waals surface area contributed by atoms with E-state index >= 15 is 0 Å². The number of Topliss-reactive ketones (excluding diaryl/α,β-unsaturated/α-hetero) is 1. The fourth-order valence-corrected chi connectivity index (χ4v) is 7.18. The van der Waals surface area contributed by atoms with Crippen molar-refractivity contribution < 1.29 is 14.4 Å². The highest BCUT2D eigenvalue weighted by Crippen LogP contribution is 2.49. The van der Waals surface area contributed by atoms with Crippen molar-refractivity contribution in [1.29, 1.82) is 0 Å². The second-order valence-electron chi connectivity index (χ2n) is 10.5. The van der Waals surface area contributed by atoms with Crippen molar-refractivity contribution >= 4 is 44.7 Å². The molecule has 1 aliphatic heterocycles. The summed E-state index contributed by atoms with van der Waals surface area (Å²) in [5.74, 6) is -0.936. The van der Waals surface area contributed by atoms with Gasteiger partial charge in [-0.25, -0.2) is 0 Å². The van der Waals surface area contributed by atoms with Crippen LogP contribution in [0.5, 0.6) is 0 Å². The van der Waals surface area contributed by atoms with E-state index in [0.717, 1.165) is 24.1 Å². The van der Waals surface area contributed by atoms with E-state index in [1.54, 1.807) is 23.2 Å². The first kappa shape index (κ1) is 26.8. The number of anilines is 1. The molecular formula is C31H30N6O3S. The van der Waals surface area contributed by atoms with Crippen LogP contribution in [0.1, 0.15) is 45.2 Å². The fraction of sp³-hybridized carbons (Fsp3) is 0.226. The maximum Gasteiger partial charge on any atom is 0.262 e. The van der Waals surface area contributed by atoms with Crippen LogP contribution in [0, 0.1) is 0 Å². The summed E-state index contributed by atoms with van der Waals surface area (Å²) in [5, 5.41) is 3.70. The van der Waals surface area contributed by atoms with Gasteiger partial charge in [-0.15, -0.1) is 11.3 Å². The predicted octanol–water partition coefficient (Wildman–Crippen LogP) is 3.24. The van der Waals surface area contributed by atoms with Crippen LogP contribution in [0.4, 0.5) is 5.69 Å². The first-order chi connectivity index (χ1) is 19.7. The van der Waals surface area contributed by atoms with E-state index in [1.165, 1.54) is 17.4 Å². The number of carbonyl (C=O) groups is 3. The lowest BCUT2D eigenvalue weighted by Gasteiger charge is -2.37. The lowest BCUT2D eigenvalue weighted by atomic mass is 9.70. The van der Waals surface area contributed by atoms with Gasteiger partial charge in [-0.1, -0.05) is 36.9 Å². The third-order valence-corrected chi connectivity index (χ3v) is 9.29. The number of hydrogen-bond acceptors (Lipinski definition) is 8. The standard InChI is InChI=1S/C31H30N6O3S/c1-2-23(38)37-14-6-9-19(16-37)36-30(40)28-25-24-20(11-12-21(32)27(24)41-28)31(34,29(39)26(25)33)18-8-5-7-17(15-18)22-10-3-4-13-35-22/h2-5,7-8,10-13,15,19,26H,1,6,9,14,16,32-34H2,(H,36,40). The fourth-order valence-electron chi connectivity index (χ4n) is 5.98. The average molecular weight is 567 g/mol. The van der Waals surface area contributed by atoms with Crippen LogP contribution >= 0.6 is 11.3 Å². The SMILES string of the molecule is C=CC(=O)N1CCCC(NC(=O)c2sc3c(N)ccc4c3c2C(N)C(=O)C4(N)c2cccc(-c3ccccn3)c2)C1. The van der Waals surface area contributed by atoms with Gasteiger partial charge in [-0.3, -0.25) is 19.4 Å². The van der Waals surface area contributed by atoms with E-state index < -0.39 is 17.4 Å². The molecule has 9 nitrogen and oxygen atoms in total. The first-order valence-corrected chi connectivity index (χ1v) is 14.2. The monoisotopic (exact) mass is 566 g/mol. The van der Waals surface area contributed by atoms with Gasteiger partial charge in [0.05, 0.1) is 21.3 Å². The second kappa shape index (κ2) is 10.2. The number of ketones is 1. The summed E-state index contributed by atoms with van der Waals surface area (Å²) < 4.78 is 0.661. The molecule has 7 N–H and O–H groups in total. The summed E-state index contributed by atoms with van der Waals surface area (Å²) in [6, 6.07) is 15.1. The lowest BCUT2D eigenvalue weighted by Crippen LogP contribution is -2.53. The molecule has 10 heteroatoms. The molecule has 208 valence electrons. The van der Waals surface area contributed by atoms with Gasteiger partial charge in [-0.05, 0) is 54.3 Å². The van der Waals surface area contributed by atoms with E-state index in [0.29, 0.717) is 50.4 Å². The van der Waals surface area contributed by atoms with E-state index in [4.69, 9.17) is 17.2 Å². The number of hydrogen-bond donors (Lipinski definition) is 4. The number of piperidine rings is 1. The molecule has 1 saturated heterocycles. The number of likely N-dealkylation sites (tertiary alicyclic amines) is 1. The molecule has 4 aromatic rings. The number of nitrogens with two attached hydrogens (primary N) is 3. The smallest absolute Gasteiger partial charge is 0.262 e. The highest BCUT2D eigenvalue weighted by atomic mass is 32.1. The van der Waals surface area contributed by atoms with Crippen LogP contribution in [0.15, 0.2) is 73.4 Å². The molecule has 0 radical (unpaired) electrons. The van der Waals surface area contributed by atoms with Gasteiger partial charge in [-0.2, -0.15) is 0 Å². The van der Waals surface area contributed by atoms with Crippen LogP contribution < -0.4 is 22.5 Å². The van der Waals surface area contributed by atoms with Crippen molar-refractivity contribution in [2.75, 3.05) is 18.8 Å². The molecule has 0 saturated carbocycles. The van der Waals surface area contributed by atoms with Crippen LogP contribution in [0.2, 0.25) is 0 Å². The average Bonchev–Trinajstić information content (AvgIpc) is 3.42. The number of nitrogen functional groups attached to an aromatic ring is 1. The van der Waals surface area contributed by atoms with E-state index in [2.05, 4.69) is 16.9 Å². The molecule has 2 aromatic heterocycles. The molecular weight excluding hydrogens is 536 g/mol. The molecule has 2 amide bonds. The minimum Gasteiger partial charge on any atom is -0.398 e. The van der Waals surface area contributed by atoms with Gasteiger partial charge in [0, 0.05) is 47.5 Å². The van der Waals surface area contributed by atoms with E-state index in [1.807, 2.05) is 42.5 Å². The van der Waals surface area contributed by atoms with Crippen LogP contribution in [-0.2, 0) is 15.1 Å². The Morgan fingerprint density at radius 1 is 1.17 bits per heavy atom. The predicted molar refractivity (Wildman–Crippen MR) is 160 cm³/mol. The first-order valence-electron chi connectivity index (χ1n) is 13.4. The number of aromatic nitrogens is 1. The summed E-state index contributed by atoms with van der Waals surface area (Å²) in [4.78, 5) is 46.4. The Labute approximate surface area is 241 Å². The number of benzene rings is 2. The summed E-state index contributed by atoms with van der Waals surface area (Å²) in [6.07, 6.45) is 4.47. The molecule has 3 unspecified atom stereocenters. The number of rotatable bonds is 5. The van der Waals surface area contributed by atoms with Crippen molar-refractivity contribution in [3.63, 3.8) is 0 Å². The van der Waals surface area contributed by atoms with Gasteiger partial charge in [0.2, 0.25) is 5.91 Å². The minimum absolute atomic E-state index is 0.169. The molecule has 0 spiro atoms. The molecule has 0 bridgehead atoms. The molecule has 1 aliphatic carbocycles. The van der Waals surface area contributed by atoms with Crippen molar-refractivity contribution in [1.82, 2.24) is 15.2 Å². The Morgan fingerprint density at radius 3 is 2.76 bits per heavy atom. The number of thiophene rings is 1. The number of nitrogens with zero attached hydrogens (tertiary/aromatic N) is 2. The van der Waals surface area contributed by atoms with Crippen molar-refractivity contribution in [2.24, 2.45) is 11.5 Å². The molecule has 2 aromatic carbocycles. The van der Waals surface area contributed by atoms with E-state index in [-0.39, 0.29) is 17.9 Å². The highest BCUT2D eigenvalue weighted by molar-refractivity contribution is 7.21. The molecule has 1 fully saturated rings. The Bertz CT molecular complexity index is 1720. The summed E-state index contributed by atoms with van der Waals surface area (Å²) in [6.45, 7) is 4.56. The maximum absolute atomic E-state index is 14.1. The van der Waals surface area contributed by atoms with Crippen LogP contribution in [0.3, 0.4) is 0 Å². The second-order valence-corrected chi connectivity index (χ2v) is 11.5.